The van der Waals surface area contributed by atoms with Crippen LogP contribution < -0.4 is 9.46 Å². The molecule has 5 rings (SSSR count). The Hall–Kier alpha value is -4.35. The second-order valence-electron chi connectivity index (χ2n) is 12.1. The Morgan fingerprint density at radius 1 is 0.788 bits per heavy atom. The Kier molecular flexibility index (Phi) is 14.7. The summed E-state index contributed by atoms with van der Waals surface area (Å²) in [4.78, 5) is 14.7. The van der Waals surface area contributed by atoms with Crippen LogP contribution in [0.4, 0.5) is 13.2 Å². The van der Waals surface area contributed by atoms with Gasteiger partial charge in [-0.05, 0) is 72.0 Å². The molecule has 0 spiro atoms. The van der Waals surface area contributed by atoms with Gasteiger partial charge in [0.2, 0.25) is 5.91 Å². The molecule has 0 saturated carbocycles. The highest BCUT2D eigenvalue weighted by Crippen LogP contribution is 2.37. The van der Waals surface area contributed by atoms with E-state index >= 15 is 0 Å². The van der Waals surface area contributed by atoms with Crippen molar-refractivity contribution in [3.8, 4) is 5.75 Å². The number of rotatable bonds is 16. The second kappa shape index (κ2) is 18.9. The van der Waals surface area contributed by atoms with E-state index in [1.165, 1.54) is 18.2 Å². The van der Waals surface area contributed by atoms with Gasteiger partial charge in [0.1, 0.15) is 5.75 Å². The number of amides is 1. The smallest absolute Gasteiger partial charge is 0.417 e. The van der Waals surface area contributed by atoms with Crippen molar-refractivity contribution in [3.63, 3.8) is 0 Å². The van der Waals surface area contributed by atoms with Crippen LogP contribution in [0.2, 0.25) is 5.02 Å². The van der Waals surface area contributed by atoms with Crippen LogP contribution in [0, 0.1) is 0 Å². The van der Waals surface area contributed by atoms with E-state index in [2.05, 4.69) is 33.9 Å². The Morgan fingerprint density at radius 3 is 2.00 bits per heavy atom. The maximum Gasteiger partial charge on any atom is 0.417 e. The van der Waals surface area contributed by atoms with Gasteiger partial charge in [-0.3, -0.25) is 9.69 Å². The number of halogens is 5. The van der Waals surface area contributed by atoms with Crippen molar-refractivity contribution in [3.05, 3.63) is 166 Å². The predicted octanol–water partition coefficient (Wildman–Crippen LogP) is 9.32. The van der Waals surface area contributed by atoms with E-state index in [9.17, 15) is 26.4 Å². The van der Waals surface area contributed by atoms with Gasteiger partial charge in [-0.1, -0.05) is 115 Å². The van der Waals surface area contributed by atoms with E-state index in [4.69, 9.17) is 16.3 Å². The van der Waals surface area contributed by atoms with Crippen LogP contribution in [0.25, 0.3) is 0 Å². The average Bonchev–Trinajstić information content (AvgIpc) is 3.11. The molecule has 6 nitrogen and oxygen atoms in total. The minimum Gasteiger partial charge on any atom is -0.494 e. The first-order chi connectivity index (χ1) is 24.5. The molecule has 0 saturated heterocycles. The number of hydrogen-bond donors (Lipinski definition) is 1. The lowest BCUT2D eigenvalue weighted by Gasteiger charge is -2.29. The zero-order chi connectivity index (χ0) is 36.3. The average molecular weight is 772 g/mol. The lowest BCUT2D eigenvalue weighted by Crippen LogP contribution is -2.31. The van der Waals surface area contributed by atoms with Crippen molar-refractivity contribution in [2.24, 2.45) is 0 Å². The zero-order valence-electron chi connectivity index (χ0n) is 28.1. The van der Waals surface area contributed by atoms with Gasteiger partial charge in [-0.25, -0.2) is 13.1 Å². The Bertz CT molecular complexity index is 1950. The molecule has 0 heterocycles. The molecule has 5 aromatic carbocycles. The normalized spacial score (nSPS) is 11.7. The van der Waals surface area contributed by atoms with E-state index in [1.807, 2.05) is 36.4 Å². The van der Waals surface area contributed by atoms with Crippen LogP contribution in [0.3, 0.4) is 0 Å². The Morgan fingerprint density at radius 2 is 1.38 bits per heavy atom. The molecule has 0 aliphatic rings. The molecule has 1 N–H and O–H groups in total. The number of nitrogens with zero attached hydrogens (tertiary/aromatic N) is 1. The van der Waals surface area contributed by atoms with Gasteiger partial charge in [-0.2, -0.15) is 13.2 Å². The van der Waals surface area contributed by atoms with Gasteiger partial charge in [0, 0.05) is 19.0 Å². The number of hydrogen-bond acceptors (Lipinski definition) is 5. The predicted molar refractivity (Wildman–Crippen MR) is 200 cm³/mol. The summed E-state index contributed by atoms with van der Waals surface area (Å²) in [5, 5.41) is -0.291. The standard InChI is InChI=1S/C40H38ClF3N2O4S.ClH/c41-39-33(19-13-23-37(39)40(42,43)44)28-46(29-36(31-15-4-1-5-16-31)32-17-6-2-7-18-32)24-10-11-25-50-34-20-12-14-30(26-34)27-38(47)45-51(48,49)35-21-8-3-9-22-35;/h1-9,12-23,26,36H,10-11,24-25,27-29H2,(H,45,47);1H. The minimum absolute atomic E-state index is 0. The molecular weight excluding hydrogens is 732 g/mol. The van der Waals surface area contributed by atoms with Gasteiger partial charge in [0.25, 0.3) is 10.0 Å². The Balaban J connectivity index is 0.00000605. The SMILES string of the molecule is Cl.O=C(Cc1cccc(OCCCCN(Cc2cccc(C(F)(F)F)c2Cl)CC(c2ccccc2)c2ccccc2)c1)NS(=O)(=O)c1ccccc1. The van der Waals surface area contributed by atoms with Gasteiger partial charge in [0.15, 0.2) is 0 Å². The lowest BCUT2D eigenvalue weighted by atomic mass is 9.90. The van der Waals surface area contributed by atoms with E-state index in [0.29, 0.717) is 49.4 Å². The number of ether oxygens (including phenoxy) is 1. The topological polar surface area (TPSA) is 75.7 Å². The molecular formula is C40H39Cl2F3N2O4S. The van der Waals surface area contributed by atoms with E-state index < -0.39 is 27.7 Å². The molecule has 0 aromatic heterocycles. The summed E-state index contributed by atoms with van der Waals surface area (Å²) in [6.45, 7) is 1.70. The summed E-state index contributed by atoms with van der Waals surface area (Å²) in [5.41, 5.74) is 2.33. The van der Waals surface area contributed by atoms with Crippen molar-refractivity contribution in [2.45, 2.75) is 42.8 Å². The van der Waals surface area contributed by atoms with Crippen molar-refractivity contribution in [1.29, 1.82) is 0 Å². The van der Waals surface area contributed by atoms with E-state index in [1.54, 1.807) is 48.5 Å². The quantitative estimate of drug-likeness (QED) is 0.101. The number of nitrogens with one attached hydrogen (secondary N) is 1. The molecule has 274 valence electrons. The molecule has 0 aliphatic carbocycles. The maximum absolute atomic E-state index is 13.7. The van der Waals surface area contributed by atoms with E-state index in [0.717, 1.165) is 17.2 Å². The van der Waals surface area contributed by atoms with Crippen LogP contribution in [-0.4, -0.2) is 38.9 Å². The first-order valence-electron chi connectivity index (χ1n) is 16.5. The molecule has 1 amide bonds. The molecule has 0 aliphatic heterocycles. The third-order valence-electron chi connectivity index (χ3n) is 8.32. The first-order valence-corrected chi connectivity index (χ1v) is 18.3. The number of alkyl halides is 3. The molecule has 0 unspecified atom stereocenters. The van der Waals surface area contributed by atoms with Crippen LogP contribution >= 0.6 is 24.0 Å². The second-order valence-corrected chi connectivity index (χ2v) is 14.2. The third kappa shape index (κ3) is 11.6. The van der Waals surface area contributed by atoms with Crippen molar-refractivity contribution < 1.29 is 31.1 Å². The zero-order valence-corrected chi connectivity index (χ0v) is 30.5. The molecule has 12 heteroatoms. The highest BCUT2D eigenvalue weighted by molar-refractivity contribution is 7.90. The fourth-order valence-corrected chi connectivity index (χ4v) is 7.13. The summed E-state index contributed by atoms with van der Waals surface area (Å²) in [5.74, 6) is -0.163. The Labute approximate surface area is 314 Å². The highest BCUT2D eigenvalue weighted by Gasteiger charge is 2.34. The number of sulfonamides is 1. The maximum atomic E-state index is 13.7. The van der Waals surface area contributed by atoms with Gasteiger partial charge < -0.3 is 4.74 Å². The number of carbonyl (C=O) groups excluding carboxylic acids is 1. The third-order valence-corrected chi connectivity index (χ3v) is 10.2. The van der Waals surface area contributed by atoms with Crippen molar-refractivity contribution in [1.82, 2.24) is 9.62 Å². The fraction of sp³-hybridized carbons (Fsp3) is 0.225. The van der Waals surface area contributed by atoms with Crippen LogP contribution in [0.1, 0.15) is 46.6 Å². The number of unbranched alkanes of at least 4 members (excludes halogenated alkanes) is 1. The van der Waals surface area contributed by atoms with Crippen molar-refractivity contribution in [2.75, 3.05) is 19.7 Å². The molecule has 5 aromatic rings. The molecule has 0 atom stereocenters. The van der Waals surface area contributed by atoms with Gasteiger partial charge >= 0.3 is 6.18 Å². The highest BCUT2D eigenvalue weighted by atomic mass is 35.5. The molecule has 52 heavy (non-hydrogen) atoms. The summed E-state index contributed by atoms with van der Waals surface area (Å²) < 4.78 is 74.2. The fourth-order valence-electron chi connectivity index (χ4n) is 5.83. The molecule has 0 fully saturated rings. The van der Waals surface area contributed by atoms with Crippen LogP contribution in [0.5, 0.6) is 5.75 Å². The minimum atomic E-state index is -4.56. The van der Waals surface area contributed by atoms with Crippen LogP contribution in [-0.2, 0) is 34.0 Å². The number of benzene rings is 5. The molecule has 0 radical (unpaired) electrons. The summed E-state index contributed by atoms with van der Waals surface area (Å²) in [6, 6.07) is 38.6. The van der Waals surface area contributed by atoms with Crippen LogP contribution in [0.15, 0.2) is 138 Å². The van der Waals surface area contributed by atoms with Gasteiger partial charge in [0.05, 0.1) is 28.5 Å². The van der Waals surface area contributed by atoms with Crippen molar-refractivity contribution >= 4 is 39.9 Å². The number of carbonyl (C=O) groups is 1. The van der Waals surface area contributed by atoms with Gasteiger partial charge in [-0.15, -0.1) is 12.4 Å². The summed E-state index contributed by atoms with van der Waals surface area (Å²) in [7, 11) is -3.98. The summed E-state index contributed by atoms with van der Waals surface area (Å²) >= 11 is 6.34. The first kappa shape index (κ1) is 40.4. The van der Waals surface area contributed by atoms with E-state index in [-0.39, 0.29) is 41.2 Å². The summed E-state index contributed by atoms with van der Waals surface area (Å²) in [6.07, 6.45) is -3.38. The monoisotopic (exact) mass is 770 g/mol. The largest absolute Gasteiger partial charge is 0.494 e. The molecule has 0 bridgehead atoms. The lowest BCUT2D eigenvalue weighted by molar-refractivity contribution is -0.137.